The summed E-state index contributed by atoms with van der Waals surface area (Å²) in [5.41, 5.74) is 4.41. The Morgan fingerprint density at radius 1 is 1.18 bits per heavy atom. The lowest BCUT2D eigenvalue weighted by molar-refractivity contribution is -0.918. The molecule has 0 unspecified atom stereocenters. The van der Waals surface area contributed by atoms with E-state index in [4.69, 9.17) is 28.6 Å². The molecule has 0 saturated carbocycles. The van der Waals surface area contributed by atoms with E-state index in [0.29, 0.717) is 16.2 Å². The highest BCUT2D eigenvalue weighted by molar-refractivity contribution is 7.80. The van der Waals surface area contributed by atoms with Crippen LogP contribution in [0.5, 0.6) is 5.75 Å². The van der Waals surface area contributed by atoms with E-state index >= 15 is 0 Å². The van der Waals surface area contributed by atoms with Crippen LogP contribution in [0, 0.1) is 13.8 Å². The maximum atomic E-state index is 6.40. The van der Waals surface area contributed by atoms with Crippen LogP contribution in [0.1, 0.15) is 35.6 Å². The summed E-state index contributed by atoms with van der Waals surface area (Å²) in [6.07, 6.45) is 2.56. The van der Waals surface area contributed by atoms with Crippen LogP contribution in [0.25, 0.3) is 0 Å². The molecular weight excluding hydrogens is 390 g/mol. The first-order chi connectivity index (χ1) is 13.5. The molecule has 6 heteroatoms. The van der Waals surface area contributed by atoms with Crippen LogP contribution >= 0.6 is 23.8 Å². The Kier molecular flexibility index (Phi) is 7.16. The number of halogens is 1. The van der Waals surface area contributed by atoms with Gasteiger partial charge in [-0.1, -0.05) is 17.7 Å². The molecule has 0 aliphatic carbocycles. The number of thiocarbonyl (C=S) groups is 1. The molecule has 0 amide bonds. The number of aryl methyl sites for hydroxylation is 2. The molecular formula is C22H29ClN3OS+. The lowest BCUT2D eigenvalue weighted by Gasteiger charge is -2.26. The normalized spacial score (nSPS) is 15.3. The van der Waals surface area contributed by atoms with Gasteiger partial charge in [0.15, 0.2) is 5.11 Å². The van der Waals surface area contributed by atoms with Crippen LogP contribution < -0.4 is 20.3 Å². The van der Waals surface area contributed by atoms with Gasteiger partial charge in [0, 0.05) is 18.4 Å². The predicted molar refractivity (Wildman–Crippen MR) is 121 cm³/mol. The number of quaternary nitrogens is 1. The molecule has 2 aromatic carbocycles. The molecule has 3 rings (SSSR count). The van der Waals surface area contributed by atoms with Crippen molar-refractivity contribution in [2.24, 2.45) is 0 Å². The molecule has 3 N–H and O–H groups in total. The van der Waals surface area contributed by atoms with E-state index in [-0.39, 0.29) is 0 Å². The second kappa shape index (κ2) is 9.59. The smallest absolute Gasteiger partial charge is 0.171 e. The number of ether oxygens (including phenoxy) is 1. The molecule has 0 radical (unpaired) electrons. The van der Waals surface area contributed by atoms with Crippen LogP contribution in [0.3, 0.4) is 0 Å². The van der Waals surface area contributed by atoms with E-state index in [1.165, 1.54) is 31.5 Å². The van der Waals surface area contributed by atoms with Crippen LogP contribution in [0.4, 0.5) is 5.69 Å². The molecule has 1 atom stereocenters. The van der Waals surface area contributed by atoms with Gasteiger partial charge in [-0.05, 0) is 67.5 Å². The zero-order valence-corrected chi connectivity index (χ0v) is 18.3. The van der Waals surface area contributed by atoms with E-state index in [0.717, 1.165) is 29.1 Å². The molecule has 0 aromatic heterocycles. The Bertz CT molecular complexity index is 796. The summed E-state index contributed by atoms with van der Waals surface area (Å²) < 4.78 is 5.30. The minimum Gasteiger partial charge on any atom is -0.497 e. The number of hydrogen-bond donors (Lipinski definition) is 3. The quantitative estimate of drug-likeness (QED) is 0.626. The molecule has 4 nitrogen and oxygen atoms in total. The van der Waals surface area contributed by atoms with Crippen LogP contribution in [0.2, 0.25) is 5.02 Å². The van der Waals surface area contributed by atoms with E-state index in [1.54, 1.807) is 12.0 Å². The largest absolute Gasteiger partial charge is 0.497 e. The molecule has 150 valence electrons. The molecule has 0 bridgehead atoms. The zero-order valence-electron chi connectivity index (χ0n) is 16.8. The molecule has 1 fully saturated rings. The van der Waals surface area contributed by atoms with Crippen molar-refractivity contribution in [2.45, 2.75) is 32.7 Å². The molecule has 0 spiro atoms. The fraction of sp³-hybridized carbons (Fsp3) is 0.409. The Balaban J connectivity index is 1.68. The van der Waals surface area contributed by atoms with Gasteiger partial charge in [-0.15, -0.1) is 0 Å². The van der Waals surface area contributed by atoms with Crippen LogP contribution in [-0.4, -0.2) is 31.9 Å². The standard InChI is InChI=1S/C22H28ClN3OS/c1-15-12-16(2)21(19(23)13-15)25-22(28)24-14-20(26-10-4-5-11-26)17-6-8-18(27-3)9-7-17/h6-9,12-13,20H,4-5,10-11,14H2,1-3H3,(H2,24,25,28)/p+1/t20-/m0/s1. The zero-order chi connectivity index (χ0) is 20.1. The van der Waals surface area contributed by atoms with Crippen LogP contribution in [0.15, 0.2) is 36.4 Å². The number of methoxy groups -OCH3 is 1. The molecule has 1 heterocycles. The summed E-state index contributed by atoms with van der Waals surface area (Å²) in [4.78, 5) is 1.60. The fourth-order valence-corrected chi connectivity index (χ4v) is 4.49. The second-order valence-electron chi connectivity index (χ2n) is 7.46. The lowest BCUT2D eigenvalue weighted by Crippen LogP contribution is -3.11. The van der Waals surface area contributed by atoms with Gasteiger partial charge in [0.25, 0.3) is 0 Å². The maximum absolute atomic E-state index is 6.40. The summed E-state index contributed by atoms with van der Waals surface area (Å²) >= 11 is 12.0. The summed E-state index contributed by atoms with van der Waals surface area (Å²) in [5.74, 6) is 0.883. The highest BCUT2D eigenvalue weighted by atomic mass is 35.5. The van der Waals surface area contributed by atoms with Crippen molar-refractivity contribution < 1.29 is 9.64 Å². The molecule has 2 aromatic rings. The van der Waals surface area contributed by atoms with Gasteiger partial charge in [-0.25, -0.2) is 0 Å². The SMILES string of the molecule is COc1ccc([C@H](CNC(=S)Nc2c(C)cc(C)cc2Cl)[NH+]2CCCC2)cc1. The monoisotopic (exact) mass is 418 g/mol. The molecule has 1 aliphatic rings. The van der Waals surface area contributed by atoms with Gasteiger partial charge in [-0.3, -0.25) is 0 Å². The summed E-state index contributed by atoms with van der Waals surface area (Å²) in [5, 5.41) is 7.99. The number of anilines is 1. The first-order valence-corrected chi connectivity index (χ1v) is 10.6. The Hall–Kier alpha value is -1.82. The van der Waals surface area contributed by atoms with E-state index < -0.39 is 0 Å². The topological polar surface area (TPSA) is 37.7 Å². The fourth-order valence-electron chi connectivity index (χ4n) is 3.94. The van der Waals surface area contributed by atoms with Gasteiger partial charge in [0.2, 0.25) is 0 Å². The predicted octanol–water partition coefficient (Wildman–Crippen LogP) is 3.67. The summed E-state index contributed by atoms with van der Waals surface area (Å²) in [6, 6.07) is 12.8. The summed E-state index contributed by atoms with van der Waals surface area (Å²) in [7, 11) is 1.70. The van der Waals surface area contributed by atoms with Crippen LogP contribution in [-0.2, 0) is 0 Å². The summed E-state index contributed by atoms with van der Waals surface area (Å²) in [6.45, 7) is 7.24. The minimum absolute atomic E-state index is 0.350. The lowest BCUT2D eigenvalue weighted by atomic mass is 10.1. The second-order valence-corrected chi connectivity index (χ2v) is 8.28. The third kappa shape index (κ3) is 5.16. The van der Waals surface area contributed by atoms with Gasteiger partial charge in [0.1, 0.15) is 11.8 Å². The van der Waals surface area contributed by atoms with Crippen molar-refractivity contribution in [1.82, 2.24) is 5.32 Å². The van der Waals surface area contributed by atoms with Gasteiger partial charge >= 0.3 is 0 Å². The Morgan fingerprint density at radius 2 is 1.86 bits per heavy atom. The van der Waals surface area contributed by atoms with Crippen molar-refractivity contribution >= 4 is 34.6 Å². The number of benzene rings is 2. The van der Waals surface area contributed by atoms with E-state index in [2.05, 4.69) is 28.8 Å². The number of hydrogen-bond acceptors (Lipinski definition) is 2. The average molecular weight is 419 g/mol. The molecule has 28 heavy (non-hydrogen) atoms. The van der Waals surface area contributed by atoms with E-state index in [1.807, 2.05) is 32.0 Å². The van der Waals surface area contributed by atoms with Gasteiger partial charge in [0.05, 0.1) is 37.5 Å². The number of nitrogens with one attached hydrogen (secondary N) is 3. The Morgan fingerprint density at radius 3 is 2.46 bits per heavy atom. The van der Waals surface area contributed by atoms with Crippen molar-refractivity contribution in [1.29, 1.82) is 0 Å². The Labute approximate surface area is 178 Å². The molecule has 1 saturated heterocycles. The highest BCUT2D eigenvalue weighted by Gasteiger charge is 2.27. The third-order valence-electron chi connectivity index (χ3n) is 5.39. The van der Waals surface area contributed by atoms with Crippen molar-refractivity contribution in [3.05, 3.63) is 58.1 Å². The first kappa shape index (κ1) is 20.9. The van der Waals surface area contributed by atoms with Crippen molar-refractivity contribution in [3.8, 4) is 5.75 Å². The van der Waals surface area contributed by atoms with Crippen molar-refractivity contribution in [3.63, 3.8) is 0 Å². The highest BCUT2D eigenvalue weighted by Crippen LogP contribution is 2.27. The molecule has 1 aliphatic heterocycles. The first-order valence-electron chi connectivity index (χ1n) is 9.78. The van der Waals surface area contributed by atoms with E-state index in [9.17, 15) is 0 Å². The number of rotatable bonds is 6. The van der Waals surface area contributed by atoms with Gasteiger partial charge in [-0.2, -0.15) is 0 Å². The average Bonchev–Trinajstić information content (AvgIpc) is 3.20. The van der Waals surface area contributed by atoms with Gasteiger partial charge < -0.3 is 20.3 Å². The maximum Gasteiger partial charge on any atom is 0.171 e. The van der Waals surface area contributed by atoms with Crippen molar-refractivity contribution in [2.75, 3.05) is 32.1 Å². The minimum atomic E-state index is 0.350. The number of likely N-dealkylation sites (tertiary alicyclic amines) is 1. The third-order valence-corrected chi connectivity index (χ3v) is 5.94.